The van der Waals surface area contributed by atoms with E-state index in [9.17, 15) is 4.79 Å². The first-order valence-electron chi connectivity index (χ1n) is 6.15. The van der Waals surface area contributed by atoms with Crippen LogP contribution in [0.2, 0.25) is 0 Å². The Bertz CT molecular complexity index is 542. The van der Waals surface area contributed by atoms with Crippen molar-refractivity contribution in [1.82, 2.24) is 10.3 Å². The Hall–Kier alpha value is -1.20. The van der Waals surface area contributed by atoms with Crippen molar-refractivity contribution < 1.29 is 4.79 Å². The molecule has 0 spiro atoms. The molecule has 0 aliphatic carbocycles. The standard InChI is InChI=1S/C14H15BrN2OS/c1-2-4-12(13-5-3-6-19-13)17-14(18)10-7-11(15)9-16-8-10/h3,5-9,12H,2,4H2,1H3,(H,17,18). The maximum absolute atomic E-state index is 12.2. The molecule has 0 saturated carbocycles. The number of hydrogen-bond donors (Lipinski definition) is 1. The van der Waals surface area contributed by atoms with Gasteiger partial charge in [0.25, 0.3) is 5.91 Å². The number of carbonyl (C=O) groups excluding carboxylic acids is 1. The zero-order chi connectivity index (χ0) is 13.7. The van der Waals surface area contributed by atoms with Crippen LogP contribution in [0.1, 0.15) is 41.0 Å². The van der Waals surface area contributed by atoms with E-state index in [0.717, 1.165) is 17.3 Å². The third-order valence-electron chi connectivity index (χ3n) is 2.74. The molecule has 0 saturated heterocycles. The number of carbonyl (C=O) groups is 1. The molecule has 1 amide bonds. The molecule has 2 rings (SSSR count). The molecule has 3 nitrogen and oxygen atoms in total. The summed E-state index contributed by atoms with van der Waals surface area (Å²) in [6, 6.07) is 5.93. The first-order valence-corrected chi connectivity index (χ1v) is 7.82. The number of nitrogens with zero attached hydrogens (tertiary/aromatic N) is 1. The summed E-state index contributed by atoms with van der Waals surface area (Å²) in [4.78, 5) is 17.4. The van der Waals surface area contributed by atoms with Crippen molar-refractivity contribution in [3.05, 3.63) is 50.9 Å². The van der Waals surface area contributed by atoms with Gasteiger partial charge in [0.2, 0.25) is 0 Å². The van der Waals surface area contributed by atoms with Crippen LogP contribution in [0.15, 0.2) is 40.4 Å². The molecule has 1 N–H and O–H groups in total. The summed E-state index contributed by atoms with van der Waals surface area (Å²) in [5.74, 6) is -0.0827. The Morgan fingerprint density at radius 3 is 3.00 bits per heavy atom. The Labute approximate surface area is 125 Å². The highest BCUT2D eigenvalue weighted by Gasteiger charge is 2.16. The van der Waals surface area contributed by atoms with Crippen molar-refractivity contribution in [2.75, 3.05) is 0 Å². The summed E-state index contributed by atoms with van der Waals surface area (Å²) in [6.45, 7) is 2.12. The zero-order valence-electron chi connectivity index (χ0n) is 10.6. The number of aromatic nitrogens is 1. The van der Waals surface area contributed by atoms with Gasteiger partial charge in [-0.25, -0.2) is 0 Å². The van der Waals surface area contributed by atoms with Gasteiger partial charge in [0.15, 0.2) is 0 Å². The number of thiophene rings is 1. The molecule has 100 valence electrons. The van der Waals surface area contributed by atoms with Crippen LogP contribution in [0.25, 0.3) is 0 Å². The predicted octanol–water partition coefficient (Wildman–Crippen LogP) is 4.18. The number of hydrogen-bond acceptors (Lipinski definition) is 3. The quantitative estimate of drug-likeness (QED) is 0.888. The lowest BCUT2D eigenvalue weighted by molar-refractivity contribution is 0.0935. The van der Waals surface area contributed by atoms with Crippen molar-refractivity contribution >= 4 is 33.2 Å². The van der Waals surface area contributed by atoms with Crippen molar-refractivity contribution in [2.45, 2.75) is 25.8 Å². The topological polar surface area (TPSA) is 42.0 Å². The second kappa shape index (κ2) is 6.82. The molecule has 0 aliphatic heterocycles. The van der Waals surface area contributed by atoms with Crippen LogP contribution >= 0.6 is 27.3 Å². The Morgan fingerprint density at radius 1 is 1.53 bits per heavy atom. The summed E-state index contributed by atoms with van der Waals surface area (Å²) in [6.07, 6.45) is 5.21. The molecule has 0 bridgehead atoms. The van der Waals surface area contributed by atoms with Crippen LogP contribution in [-0.2, 0) is 0 Å². The van der Waals surface area contributed by atoms with Gasteiger partial charge >= 0.3 is 0 Å². The molecule has 2 heterocycles. The summed E-state index contributed by atoms with van der Waals surface area (Å²) >= 11 is 5.00. The number of nitrogens with one attached hydrogen (secondary N) is 1. The largest absolute Gasteiger partial charge is 0.344 e. The fourth-order valence-corrected chi connectivity index (χ4v) is 3.02. The van der Waals surface area contributed by atoms with Crippen molar-refractivity contribution in [2.24, 2.45) is 0 Å². The van der Waals surface area contributed by atoms with E-state index in [1.165, 1.54) is 4.88 Å². The molecule has 2 aromatic rings. The van der Waals surface area contributed by atoms with Crippen LogP contribution in [0, 0.1) is 0 Å². The molecule has 1 unspecified atom stereocenters. The van der Waals surface area contributed by atoms with Crippen LogP contribution in [0.5, 0.6) is 0 Å². The monoisotopic (exact) mass is 338 g/mol. The van der Waals surface area contributed by atoms with E-state index in [2.05, 4.69) is 39.2 Å². The zero-order valence-corrected chi connectivity index (χ0v) is 13.0. The average molecular weight is 339 g/mol. The van der Waals surface area contributed by atoms with E-state index >= 15 is 0 Å². The van der Waals surface area contributed by atoms with E-state index in [1.807, 2.05) is 11.4 Å². The Balaban J connectivity index is 2.11. The minimum Gasteiger partial charge on any atom is -0.344 e. The fourth-order valence-electron chi connectivity index (χ4n) is 1.84. The van der Waals surface area contributed by atoms with E-state index in [0.29, 0.717) is 5.56 Å². The third-order valence-corrected chi connectivity index (χ3v) is 4.16. The maximum atomic E-state index is 12.2. The average Bonchev–Trinajstić information content (AvgIpc) is 2.92. The van der Waals surface area contributed by atoms with Crippen molar-refractivity contribution in [3.8, 4) is 0 Å². The minimum absolute atomic E-state index is 0.0801. The molecule has 5 heteroatoms. The molecule has 2 aromatic heterocycles. The molecule has 0 aliphatic rings. The summed E-state index contributed by atoms with van der Waals surface area (Å²) in [7, 11) is 0. The Morgan fingerprint density at radius 2 is 2.37 bits per heavy atom. The highest BCUT2D eigenvalue weighted by atomic mass is 79.9. The van der Waals surface area contributed by atoms with E-state index in [-0.39, 0.29) is 11.9 Å². The highest BCUT2D eigenvalue weighted by molar-refractivity contribution is 9.10. The third kappa shape index (κ3) is 3.88. The first-order chi connectivity index (χ1) is 9.20. The van der Waals surface area contributed by atoms with Crippen molar-refractivity contribution in [1.29, 1.82) is 0 Å². The second-order valence-corrected chi connectivity index (χ2v) is 6.12. The normalized spacial score (nSPS) is 12.1. The molecule has 0 aromatic carbocycles. The van der Waals surface area contributed by atoms with Gasteiger partial charge in [-0.2, -0.15) is 0 Å². The molecule has 0 fully saturated rings. The lowest BCUT2D eigenvalue weighted by Gasteiger charge is -2.16. The predicted molar refractivity (Wildman–Crippen MR) is 81.4 cm³/mol. The smallest absolute Gasteiger partial charge is 0.253 e. The minimum atomic E-state index is -0.0827. The van der Waals surface area contributed by atoms with Gasteiger partial charge in [-0.1, -0.05) is 19.4 Å². The second-order valence-electron chi connectivity index (χ2n) is 4.22. The van der Waals surface area contributed by atoms with Gasteiger partial charge < -0.3 is 5.32 Å². The van der Waals surface area contributed by atoms with Crippen LogP contribution in [0.3, 0.4) is 0 Å². The van der Waals surface area contributed by atoms with Gasteiger partial charge in [-0.3, -0.25) is 9.78 Å². The van der Waals surface area contributed by atoms with E-state index < -0.39 is 0 Å². The van der Waals surface area contributed by atoms with E-state index in [1.54, 1.807) is 29.8 Å². The highest BCUT2D eigenvalue weighted by Crippen LogP contribution is 2.23. The van der Waals surface area contributed by atoms with Crippen LogP contribution in [-0.4, -0.2) is 10.9 Å². The summed E-state index contributed by atoms with van der Waals surface area (Å²) in [5, 5.41) is 5.11. The molecule has 19 heavy (non-hydrogen) atoms. The SMILES string of the molecule is CCCC(NC(=O)c1cncc(Br)c1)c1cccs1. The number of pyridine rings is 1. The fraction of sp³-hybridized carbons (Fsp3) is 0.286. The molecular formula is C14H15BrN2OS. The summed E-state index contributed by atoms with van der Waals surface area (Å²) < 4.78 is 0.809. The van der Waals surface area contributed by atoms with Gasteiger partial charge in [0.05, 0.1) is 11.6 Å². The lowest BCUT2D eigenvalue weighted by atomic mass is 10.1. The van der Waals surface area contributed by atoms with Gasteiger partial charge in [-0.15, -0.1) is 11.3 Å². The lowest BCUT2D eigenvalue weighted by Crippen LogP contribution is -2.28. The molecule has 1 atom stereocenters. The van der Waals surface area contributed by atoms with Gasteiger partial charge in [0, 0.05) is 21.7 Å². The van der Waals surface area contributed by atoms with Crippen molar-refractivity contribution in [3.63, 3.8) is 0 Å². The first kappa shape index (κ1) is 14.2. The van der Waals surface area contributed by atoms with E-state index in [4.69, 9.17) is 0 Å². The van der Waals surface area contributed by atoms with Gasteiger partial charge in [-0.05, 0) is 39.9 Å². The number of halogens is 1. The Kier molecular flexibility index (Phi) is 5.10. The summed E-state index contributed by atoms with van der Waals surface area (Å²) in [5.41, 5.74) is 0.576. The number of amides is 1. The van der Waals surface area contributed by atoms with Crippen LogP contribution in [0.4, 0.5) is 0 Å². The van der Waals surface area contributed by atoms with Crippen LogP contribution < -0.4 is 5.32 Å². The van der Waals surface area contributed by atoms with Gasteiger partial charge in [0.1, 0.15) is 0 Å². The molecule has 0 radical (unpaired) electrons. The number of rotatable bonds is 5. The molecular weight excluding hydrogens is 324 g/mol. The maximum Gasteiger partial charge on any atom is 0.253 e.